The van der Waals surface area contributed by atoms with Crippen LogP contribution in [0.2, 0.25) is 5.02 Å². The first-order valence-corrected chi connectivity index (χ1v) is 5.89. The van der Waals surface area contributed by atoms with E-state index < -0.39 is 5.60 Å². The van der Waals surface area contributed by atoms with Gasteiger partial charge in [-0.15, -0.1) is 0 Å². The number of carbonyl (C=O) groups is 1. The van der Waals surface area contributed by atoms with Gasteiger partial charge in [-0.1, -0.05) is 11.6 Å². The molecular weight excluding hydrogens is 240 g/mol. The fraction of sp³-hybridized carbons (Fsp3) is 0.417. The highest BCUT2D eigenvalue weighted by molar-refractivity contribution is 6.31. The molecule has 1 aromatic rings. The van der Waals surface area contributed by atoms with Gasteiger partial charge in [0.1, 0.15) is 5.60 Å². The first-order valence-electron chi connectivity index (χ1n) is 5.52. The minimum Gasteiger partial charge on any atom is -0.397 e. The van der Waals surface area contributed by atoms with Crippen molar-refractivity contribution in [2.75, 3.05) is 17.7 Å². The van der Waals surface area contributed by atoms with E-state index in [4.69, 9.17) is 22.1 Å². The van der Waals surface area contributed by atoms with Gasteiger partial charge >= 0.3 is 0 Å². The summed E-state index contributed by atoms with van der Waals surface area (Å²) in [5, 5.41) is 3.29. The predicted molar refractivity (Wildman–Crippen MR) is 68.1 cm³/mol. The standard InChI is InChI=1S/C12H15ClN2O2/c1-12(5-2-6-17-12)11(16)15-10-7-8(13)3-4-9(10)14/h3-4,7H,2,5-6,14H2,1H3,(H,15,16). The van der Waals surface area contributed by atoms with E-state index >= 15 is 0 Å². The van der Waals surface area contributed by atoms with E-state index in [1.165, 1.54) is 0 Å². The molecule has 2 rings (SSSR count). The Morgan fingerprint density at radius 3 is 3.00 bits per heavy atom. The Morgan fingerprint density at radius 1 is 1.59 bits per heavy atom. The van der Waals surface area contributed by atoms with Crippen molar-refractivity contribution in [1.82, 2.24) is 0 Å². The second kappa shape index (κ2) is 4.55. The van der Waals surface area contributed by atoms with Gasteiger partial charge < -0.3 is 15.8 Å². The van der Waals surface area contributed by atoms with Crippen molar-refractivity contribution < 1.29 is 9.53 Å². The molecule has 1 fully saturated rings. The van der Waals surface area contributed by atoms with Crippen LogP contribution in [0, 0.1) is 0 Å². The lowest BCUT2D eigenvalue weighted by molar-refractivity contribution is -0.133. The maximum atomic E-state index is 12.1. The molecule has 1 heterocycles. The van der Waals surface area contributed by atoms with Crippen LogP contribution in [0.25, 0.3) is 0 Å². The Morgan fingerprint density at radius 2 is 2.35 bits per heavy atom. The van der Waals surface area contributed by atoms with Gasteiger partial charge in [0.2, 0.25) is 0 Å². The maximum Gasteiger partial charge on any atom is 0.256 e. The molecule has 0 aromatic heterocycles. The molecule has 1 aliphatic heterocycles. The molecule has 1 aromatic carbocycles. The molecule has 17 heavy (non-hydrogen) atoms. The van der Waals surface area contributed by atoms with Crippen molar-refractivity contribution in [3.63, 3.8) is 0 Å². The normalized spacial score (nSPS) is 23.6. The van der Waals surface area contributed by atoms with Crippen LogP contribution in [0.15, 0.2) is 18.2 Å². The molecule has 4 nitrogen and oxygen atoms in total. The number of hydrogen-bond donors (Lipinski definition) is 2. The van der Waals surface area contributed by atoms with E-state index in [9.17, 15) is 4.79 Å². The largest absolute Gasteiger partial charge is 0.397 e. The molecule has 0 aliphatic carbocycles. The number of benzene rings is 1. The minimum absolute atomic E-state index is 0.177. The lowest BCUT2D eigenvalue weighted by atomic mass is 10.0. The lowest BCUT2D eigenvalue weighted by Crippen LogP contribution is -2.39. The fourth-order valence-corrected chi connectivity index (χ4v) is 2.02. The third-order valence-corrected chi connectivity index (χ3v) is 3.20. The van der Waals surface area contributed by atoms with Gasteiger partial charge in [-0.25, -0.2) is 0 Å². The highest BCUT2D eigenvalue weighted by Gasteiger charge is 2.37. The van der Waals surface area contributed by atoms with Crippen molar-refractivity contribution in [2.45, 2.75) is 25.4 Å². The van der Waals surface area contributed by atoms with Gasteiger partial charge in [-0.2, -0.15) is 0 Å². The first kappa shape index (κ1) is 12.2. The summed E-state index contributed by atoms with van der Waals surface area (Å²) in [6.45, 7) is 2.41. The summed E-state index contributed by atoms with van der Waals surface area (Å²) in [5.74, 6) is -0.177. The van der Waals surface area contributed by atoms with E-state index in [1.54, 1.807) is 25.1 Å². The monoisotopic (exact) mass is 254 g/mol. The average Bonchev–Trinajstić information content (AvgIpc) is 2.72. The average molecular weight is 255 g/mol. The molecule has 1 aliphatic rings. The molecule has 0 saturated carbocycles. The van der Waals surface area contributed by atoms with Crippen LogP contribution in [0.3, 0.4) is 0 Å². The number of nitrogen functional groups attached to an aromatic ring is 1. The third-order valence-electron chi connectivity index (χ3n) is 2.96. The SMILES string of the molecule is CC1(C(=O)Nc2cc(Cl)ccc2N)CCCO1. The number of nitrogens with one attached hydrogen (secondary N) is 1. The lowest BCUT2D eigenvalue weighted by Gasteiger charge is -2.22. The number of halogens is 1. The smallest absolute Gasteiger partial charge is 0.256 e. The van der Waals surface area contributed by atoms with Gasteiger partial charge in [-0.3, -0.25) is 4.79 Å². The number of amides is 1. The van der Waals surface area contributed by atoms with Crippen LogP contribution in [0.5, 0.6) is 0 Å². The zero-order valence-corrected chi connectivity index (χ0v) is 10.4. The number of hydrogen-bond acceptors (Lipinski definition) is 3. The van der Waals surface area contributed by atoms with Crippen LogP contribution in [0.4, 0.5) is 11.4 Å². The van der Waals surface area contributed by atoms with Crippen LogP contribution >= 0.6 is 11.6 Å². The minimum atomic E-state index is -0.755. The van der Waals surface area contributed by atoms with Gasteiger partial charge in [-0.05, 0) is 38.0 Å². The summed E-state index contributed by atoms with van der Waals surface area (Å²) in [5.41, 5.74) is 6.03. The summed E-state index contributed by atoms with van der Waals surface area (Å²) in [6, 6.07) is 4.98. The maximum absolute atomic E-state index is 12.1. The Balaban J connectivity index is 2.15. The molecule has 3 N–H and O–H groups in total. The molecule has 1 saturated heterocycles. The van der Waals surface area contributed by atoms with E-state index in [2.05, 4.69) is 5.32 Å². The van der Waals surface area contributed by atoms with E-state index in [-0.39, 0.29) is 5.91 Å². The summed E-state index contributed by atoms with van der Waals surface area (Å²) in [6.07, 6.45) is 1.62. The molecular formula is C12H15ClN2O2. The van der Waals surface area contributed by atoms with Crippen molar-refractivity contribution in [2.24, 2.45) is 0 Å². The first-order chi connectivity index (χ1) is 8.01. The molecule has 1 atom stereocenters. The fourth-order valence-electron chi connectivity index (χ4n) is 1.85. The van der Waals surface area contributed by atoms with Gasteiger partial charge in [0.25, 0.3) is 5.91 Å². The Hall–Kier alpha value is -1.26. The highest BCUT2D eigenvalue weighted by atomic mass is 35.5. The zero-order valence-electron chi connectivity index (χ0n) is 9.63. The van der Waals surface area contributed by atoms with Crippen LogP contribution in [-0.4, -0.2) is 18.1 Å². The molecule has 0 spiro atoms. The quantitative estimate of drug-likeness (QED) is 0.797. The molecule has 1 unspecified atom stereocenters. The molecule has 5 heteroatoms. The number of nitrogens with two attached hydrogens (primary N) is 1. The van der Waals surface area contributed by atoms with Crippen LogP contribution in [-0.2, 0) is 9.53 Å². The van der Waals surface area contributed by atoms with E-state index in [0.29, 0.717) is 23.0 Å². The second-order valence-electron chi connectivity index (χ2n) is 4.37. The van der Waals surface area contributed by atoms with Crippen molar-refractivity contribution in [3.8, 4) is 0 Å². The van der Waals surface area contributed by atoms with Crippen LogP contribution < -0.4 is 11.1 Å². The molecule has 92 valence electrons. The number of rotatable bonds is 2. The third kappa shape index (κ3) is 2.53. The van der Waals surface area contributed by atoms with Gasteiger partial charge in [0, 0.05) is 11.6 Å². The second-order valence-corrected chi connectivity index (χ2v) is 4.81. The molecule has 0 bridgehead atoms. The van der Waals surface area contributed by atoms with Gasteiger partial charge in [0.15, 0.2) is 0 Å². The van der Waals surface area contributed by atoms with Crippen molar-refractivity contribution in [1.29, 1.82) is 0 Å². The zero-order chi connectivity index (χ0) is 12.5. The Kier molecular flexibility index (Phi) is 3.26. The Bertz CT molecular complexity index is 442. The highest BCUT2D eigenvalue weighted by Crippen LogP contribution is 2.29. The van der Waals surface area contributed by atoms with Crippen molar-refractivity contribution in [3.05, 3.63) is 23.2 Å². The van der Waals surface area contributed by atoms with E-state index in [0.717, 1.165) is 12.8 Å². The van der Waals surface area contributed by atoms with E-state index in [1.807, 2.05) is 0 Å². The number of anilines is 2. The van der Waals surface area contributed by atoms with Crippen LogP contribution in [0.1, 0.15) is 19.8 Å². The topological polar surface area (TPSA) is 64.4 Å². The molecule has 1 amide bonds. The number of ether oxygens (including phenoxy) is 1. The number of carbonyl (C=O) groups excluding carboxylic acids is 1. The van der Waals surface area contributed by atoms with Crippen molar-refractivity contribution >= 4 is 28.9 Å². The summed E-state index contributed by atoms with van der Waals surface area (Å²) in [4.78, 5) is 12.1. The van der Waals surface area contributed by atoms with Gasteiger partial charge in [0.05, 0.1) is 11.4 Å². The summed E-state index contributed by atoms with van der Waals surface area (Å²) in [7, 11) is 0. The molecule has 0 radical (unpaired) electrons. The summed E-state index contributed by atoms with van der Waals surface area (Å²) >= 11 is 5.86. The Labute approximate surface area is 105 Å². The summed E-state index contributed by atoms with van der Waals surface area (Å²) < 4.78 is 5.46. The predicted octanol–water partition coefficient (Wildman–Crippen LogP) is 2.43.